The number of esters is 1. The van der Waals surface area contributed by atoms with Crippen LogP contribution in [0.5, 0.6) is 0 Å². The first kappa shape index (κ1) is 15.8. The van der Waals surface area contributed by atoms with Crippen LogP contribution in [0.25, 0.3) is 0 Å². The third-order valence-electron chi connectivity index (χ3n) is 2.19. The van der Waals surface area contributed by atoms with Crippen molar-refractivity contribution < 1.29 is 18.5 Å². The lowest BCUT2D eigenvalue weighted by molar-refractivity contribution is -0.140. The number of carbonyl (C=O) groups is 2. The first-order valence-electron chi connectivity index (χ1n) is 5.87. The molecule has 0 spiro atoms. The number of hydrogen-bond acceptors (Lipinski definition) is 6. The Balaban J connectivity index is 2.67. The number of anilines is 1. The largest absolute Gasteiger partial charge is 0.465 e. The minimum absolute atomic E-state index is 0.0184. The molecule has 5 nitrogen and oxygen atoms in total. The van der Waals surface area contributed by atoms with Crippen molar-refractivity contribution in [1.29, 1.82) is 0 Å². The Morgan fingerprint density at radius 1 is 1.42 bits per heavy atom. The van der Waals surface area contributed by atoms with E-state index in [0.29, 0.717) is 17.2 Å². The van der Waals surface area contributed by atoms with Crippen LogP contribution in [0, 0.1) is 0 Å². The van der Waals surface area contributed by atoms with E-state index in [9.17, 15) is 13.8 Å². The molecule has 0 aromatic carbocycles. The number of ether oxygens (including phenoxy) is 1. The predicted molar refractivity (Wildman–Crippen MR) is 80.0 cm³/mol. The first-order chi connectivity index (χ1) is 8.83. The Bertz CT molecular complexity index is 504. The summed E-state index contributed by atoms with van der Waals surface area (Å²) in [6.45, 7) is 2.08. The van der Waals surface area contributed by atoms with E-state index in [1.54, 1.807) is 30.9 Å². The lowest BCUT2D eigenvalue weighted by atomic mass is 10.2. The second-order valence-corrected chi connectivity index (χ2v) is 8.86. The third kappa shape index (κ3) is 5.52. The lowest BCUT2D eigenvalue weighted by Gasteiger charge is -2.11. The van der Waals surface area contributed by atoms with Crippen LogP contribution in [0.3, 0.4) is 0 Å². The van der Waals surface area contributed by atoms with Gasteiger partial charge in [0.2, 0.25) is 0 Å². The fourth-order valence-electron chi connectivity index (χ4n) is 1.46. The van der Waals surface area contributed by atoms with Crippen molar-refractivity contribution in [3.8, 4) is 0 Å². The molecule has 0 aliphatic heterocycles. The second-order valence-electron chi connectivity index (χ2n) is 4.48. The summed E-state index contributed by atoms with van der Waals surface area (Å²) in [7, 11) is -2.40. The highest BCUT2D eigenvalue weighted by Crippen LogP contribution is 2.24. The number of carbonyl (C=O) groups excluding carboxylic acids is 2. The van der Waals surface area contributed by atoms with Crippen LogP contribution in [0.4, 0.5) is 5.00 Å². The van der Waals surface area contributed by atoms with Crippen molar-refractivity contribution in [2.45, 2.75) is 6.92 Å². The van der Waals surface area contributed by atoms with Gasteiger partial charge in [-0.3, -0.25) is 13.8 Å². The van der Waals surface area contributed by atoms with Gasteiger partial charge in [-0.2, -0.15) is 0 Å². The van der Waals surface area contributed by atoms with Gasteiger partial charge in [-0.25, -0.2) is 0 Å². The summed E-state index contributed by atoms with van der Waals surface area (Å²) in [4.78, 5) is 23.2. The van der Waals surface area contributed by atoms with Crippen molar-refractivity contribution >= 4 is 38.0 Å². The van der Waals surface area contributed by atoms with Gasteiger partial charge in [-0.1, -0.05) is 0 Å². The fraction of sp³-hybridized carbons (Fsp3) is 0.500. The van der Waals surface area contributed by atoms with E-state index in [1.807, 2.05) is 0 Å². The molecule has 7 heteroatoms. The second kappa shape index (κ2) is 6.81. The van der Waals surface area contributed by atoms with Gasteiger partial charge in [-0.15, -0.1) is 21.3 Å². The van der Waals surface area contributed by atoms with Crippen LogP contribution in [0.1, 0.15) is 17.3 Å². The van der Waals surface area contributed by atoms with Crippen LogP contribution < -0.4 is 5.32 Å². The Kier molecular flexibility index (Phi) is 5.68. The summed E-state index contributed by atoms with van der Waals surface area (Å²) in [6, 6.07) is 1.68. The Hall–Kier alpha value is -1.21. The van der Waals surface area contributed by atoms with Gasteiger partial charge in [0.1, 0.15) is 6.54 Å². The smallest absolute Gasteiger partial charge is 0.325 e. The van der Waals surface area contributed by atoms with Gasteiger partial charge in [-0.05, 0) is 30.9 Å². The number of ketones is 1. The predicted octanol–water partition coefficient (Wildman–Crippen LogP) is 1.18. The Morgan fingerprint density at radius 2 is 2.11 bits per heavy atom. The van der Waals surface area contributed by atoms with Gasteiger partial charge in [0.25, 0.3) is 0 Å². The van der Waals surface area contributed by atoms with E-state index in [1.165, 1.54) is 11.3 Å². The lowest BCUT2D eigenvalue weighted by Crippen LogP contribution is -2.21. The van der Waals surface area contributed by atoms with Gasteiger partial charge in [0.15, 0.2) is 5.78 Å². The highest BCUT2D eigenvalue weighted by Gasteiger charge is 2.17. The molecule has 0 atom stereocenters. The van der Waals surface area contributed by atoms with Gasteiger partial charge in [0, 0.05) is 0 Å². The van der Waals surface area contributed by atoms with E-state index in [2.05, 4.69) is 5.32 Å². The van der Waals surface area contributed by atoms with Crippen molar-refractivity contribution in [3.63, 3.8) is 0 Å². The molecule has 0 bridgehead atoms. The molecule has 19 heavy (non-hydrogen) atoms. The SMILES string of the molecule is CCOC(=O)CNc1sccc1C(=O)C[SH](C)(C)=O. The van der Waals surface area contributed by atoms with Crippen molar-refractivity contribution in [2.75, 3.05) is 36.7 Å². The molecule has 0 aliphatic rings. The minimum Gasteiger partial charge on any atom is -0.465 e. The Morgan fingerprint density at radius 3 is 2.68 bits per heavy atom. The Labute approximate surface area is 117 Å². The number of nitrogens with one attached hydrogen (secondary N) is 1. The zero-order valence-corrected chi connectivity index (χ0v) is 13.0. The summed E-state index contributed by atoms with van der Waals surface area (Å²) in [5.74, 6) is -0.496. The zero-order chi connectivity index (χ0) is 14.5. The number of rotatable bonds is 7. The first-order valence-corrected chi connectivity index (χ1v) is 9.54. The number of Topliss-reactive ketones (excluding diaryl/α,β-unsaturated/α-hetero) is 1. The summed E-state index contributed by atoms with van der Waals surface area (Å²) < 4.78 is 16.5. The van der Waals surface area contributed by atoms with Gasteiger partial charge < -0.3 is 10.1 Å². The van der Waals surface area contributed by atoms with Crippen LogP contribution in [0.2, 0.25) is 0 Å². The normalized spacial score (nSPS) is 11.9. The molecule has 0 fully saturated rings. The molecular weight excluding hydrogens is 286 g/mol. The summed E-state index contributed by atoms with van der Waals surface area (Å²) in [5, 5.41) is 5.26. The van der Waals surface area contributed by atoms with Gasteiger partial charge in [0.05, 0.1) is 22.9 Å². The number of hydrogen-bond donors (Lipinski definition) is 2. The van der Waals surface area contributed by atoms with E-state index >= 15 is 0 Å². The molecule has 1 rings (SSSR count). The average Bonchev–Trinajstić information content (AvgIpc) is 2.72. The molecule has 1 aromatic heterocycles. The monoisotopic (exact) mass is 305 g/mol. The van der Waals surface area contributed by atoms with Crippen LogP contribution >= 0.6 is 11.3 Å². The molecular formula is C12H19NO4S2. The summed E-state index contributed by atoms with van der Waals surface area (Å²) >= 11 is 1.33. The van der Waals surface area contributed by atoms with Crippen molar-refractivity contribution in [3.05, 3.63) is 17.0 Å². The molecule has 108 valence electrons. The maximum Gasteiger partial charge on any atom is 0.325 e. The third-order valence-corrected chi connectivity index (χ3v) is 4.11. The quantitative estimate of drug-likeness (QED) is 0.450. The van der Waals surface area contributed by atoms with Crippen molar-refractivity contribution in [2.24, 2.45) is 0 Å². The molecule has 1 aromatic rings. The maximum absolute atomic E-state index is 12.0. The maximum atomic E-state index is 12.0. The van der Waals surface area contributed by atoms with E-state index in [4.69, 9.17) is 4.74 Å². The molecule has 0 saturated heterocycles. The van der Waals surface area contributed by atoms with E-state index in [0.717, 1.165) is 0 Å². The fourth-order valence-corrected chi connectivity index (χ4v) is 3.13. The topological polar surface area (TPSA) is 72.5 Å². The van der Waals surface area contributed by atoms with Crippen LogP contribution in [0.15, 0.2) is 11.4 Å². The van der Waals surface area contributed by atoms with E-state index < -0.39 is 9.93 Å². The standard InChI is InChI=1S/C12H19NO4S2/c1-4-17-11(15)7-13-12-9(5-6-18-12)10(14)8-19(2,3)16/h5-6,13,19H,4,7-8H2,1-3H3. The van der Waals surface area contributed by atoms with Crippen molar-refractivity contribution in [1.82, 2.24) is 0 Å². The number of thiophene rings is 1. The highest BCUT2D eigenvalue weighted by molar-refractivity contribution is 8.02. The highest BCUT2D eigenvalue weighted by atomic mass is 32.2. The van der Waals surface area contributed by atoms with Gasteiger partial charge >= 0.3 is 5.97 Å². The molecule has 0 unspecified atom stereocenters. The molecule has 1 N–H and O–H groups in total. The number of thiol groups is 1. The molecule has 0 amide bonds. The summed E-state index contributed by atoms with van der Waals surface area (Å²) in [5.41, 5.74) is 0.484. The minimum atomic E-state index is -2.40. The molecule has 1 heterocycles. The molecule has 0 aliphatic carbocycles. The van der Waals surface area contributed by atoms with E-state index in [-0.39, 0.29) is 24.1 Å². The molecule has 0 radical (unpaired) electrons. The zero-order valence-electron chi connectivity index (χ0n) is 11.3. The summed E-state index contributed by atoms with van der Waals surface area (Å²) in [6.07, 6.45) is 3.17. The average molecular weight is 305 g/mol. The van der Waals surface area contributed by atoms with Crippen LogP contribution in [-0.4, -0.2) is 47.4 Å². The van der Waals surface area contributed by atoms with Crippen LogP contribution in [-0.2, 0) is 19.5 Å². The molecule has 0 saturated carbocycles.